The zero-order valence-electron chi connectivity index (χ0n) is 14.2. The van der Waals surface area contributed by atoms with Crippen LogP contribution in [-0.2, 0) is 0 Å². The predicted molar refractivity (Wildman–Crippen MR) is 92.2 cm³/mol. The Morgan fingerprint density at radius 1 is 1.10 bits per heavy atom. The number of hydrogen-bond acceptors (Lipinski definition) is 1. The van der Waals surface area contributed by atoms with E-state index in [9.17, 15) is 0 Å². The van der Waals surface area contributed by atoms with Gasteiger partial charge in [-0.2, -0.15) is 0 Å². The Morgan fingerprint density at radius 3 is 2.15 bits per heavy atom. The number of allylic oxidation sites excluding steroid dienone is 4. The number of aryl methyl sites for hydroxylation is 1. The van der Waals surface area contributed by atoms with Crippen LogP contribution in [-0.4, -0.2) is 0 Å². The lowest BCUT2D eigenvalue weighted by molar-refractivity contribution is 0.435. The molecule has 0 saturated heterocycles. The van der Waals surface area contributed by atoms with Crippen molar-refractivity contribution in [3.8, 4) is 5.75 Å². The summed E-state index contributed by atoms with van der Waals surface area (Å²) in [6, 6.07) is 7.92. The molecule has 0 atom stereocenters. The Kier molecular flexibility index (Phi) is 14.0. The molecule has 112 valence electrons. The molecular formula is C19H30O. The first-order chi connectivity index (χ1) is 9.65. The van der Waals surface area contributed by atoms with E-state index >= 15 is 0 Å². The molecule has 0 aliphatic heterocycles. The average Bonchev–Trinajstić information content (AvgIpc) is 2.51. The summed E-state index contributed by atoms with van der Waals surface area (Å²) in [4.78, 5) is 0. The van der Waals surface area contributed by atoms with E-state index in [1.54, 1.807) is 0 Å². The van der Waals surface area contributed by atoms with Crippen molar-refractivity contribution in [3.63, 3.8) is 0 Å². The molecule has 0 amide bonds. The van der Waals surface area contributed by atoms with Crippen molar-refractivity contribution in [2.24, 2.45) is 0 Å². The van der Waals surface area contributed by atoms with E-state index in [1.807, 2.05) is 91.0 Å². The molecular weight excluding hydrogens is 244 g/mol. The molecule has 1 rings (SSSR count). The van der Waals surface area contributed by atoms with E-state index in [0.717, 1.165) is 16.9 Å². The first-order valence-corrected chi connectivity index (χ1v) is 7.37. The number of ether oxygens (including phenoxy) is 1. The third kappa shape index (κ3) is 8.36. The molecule has 0 bridgehead atoms. The Bertz CT molecular complexity index is 425. The predicted octanol–water partition coefficient (Wildman–Crippen LogP) is 6.46. The molecule has 0 heterocycles. The van der Waals surface area contributed by atoms with Gasteiger partial charge in [0.05, 0.1) is 0 Å². The van der Waals surface area contributed by atoms with E-state index in [0.29, 0.717) is 5.76 Å². The van der Waals surface area contributed by atoms with Crippen LogP contribution in [0.1, 0.15) is 47.1 Å². The summed E-state index contributed by atoms with van der Waals surface area (Å²) in [6.07, 6.45) is 5.94. The Labute approximate surface area is 125 Å². The maximum absolute atomic E-state index is 5.71. The first kappa shape index (κ1) is 20.6. The molecule has 0 aromatic heterocycles. The second-order valence-corrected chi connectivity index (χ2v) is 3.67. The van der Waals surface area contributed by atoms with Gasteiger partial charge in [0.15, 0.2) is 0 Å². The van der Waals surface area contributed by atoms with E-state index < -0.39 is 0 Å². The molecule has 0 aliphatic rings. The summed E-state index contributed by atoms with van der Waals surface area (Å²) in [5.74, 6) is 1.55. The minimum atomic E-state index is 0.687. The van der Waals surface area contributed by atoms with Gasteiger partial charge >= 0.3 is 0 Å². The summed E-state index contributed by atoms with van der Waals surface area (Å²) in [5, 5.41) is 0. The lowest BCUT2D eigenvalue weighted by Gasteiger charge is -2.10. The van der Waals surface area contributed by atoms with Gasteiger partial charge < -0.3 is 4.74 Å². The topological polar surface area (TPSA) is 9.23 Å². The van der Waals surface area contributed by atoms with Gasteiger partial charge in [-0.1, -0.05) is 70.7 Å². The fraction of sp³-hybridized carbons (Fsp3) is 0.368. The summed E-state index contributed by atoms with van der Waals surface area (Å²) in [7, 11) is 0. The van der Waals surface area contributed by atoms with Gasteiger partial charge in [0, 0.05) is 0 Å². The summed E-state index contributed by atoms with van der Waals surface area (Å²) in [5.41, 5.74) is 2.14. The van der Waals surface area contributed by atoms with Gasteiger partial charge in [-0.3, -0.25) is 0 Å². The monoisotopic (exact) mass is 274 g/mol. The van der Waals surface area contributed by atoms with Crippen molar-refractivity contribution >= 4 is 0 Å². The molecule has 20 heavy (non-hydrogen) atoms. The van der Waals surface area contributed by atoms with E-state index in [2.05, 4.69) is 6.58 Å². The van der Waals surface area contributed by atoms with E-state index in [1.165, 1.54) is 0 Å². The van der Waals surface area contributed by atoms with Crippen molar-refractivity contribution in [2.45, 2.75) is 48.5 Å². The maximum atomic E-state index is 5.71. The summed E-state index contributed by atoms with van der Waals surface area (Å²) in [6.45, 7) is 17.9. The average molecular weight is 274 g/mol. The lowest BCUT2D eigenvalue weighted by Crippen LogP contribution is -1.96. The standard InChI is InChI=1S/C15H18O.2C2H6/c1-5-6-9-12(2)14(4)16-15-11-8-7-10-13(15)3;2*1-2/h5-11H,4H2,1-3H3;2*1-2H3/b6-5-,12-9-;;. The third-order valence-corrected chi connectivity index (χ3v) is 2.31. The number of benzene rings is 1. The highest BCUT2D eigenvalue weighted by atomic mass is 16.5. The Morgan fingerprint density at radius 2 is 1.65 bits per heavy atom. The molecule has 1 aromatic carbocycles. The van der Waals surface area contributed by atoms with Crippen LogP contribution >= 0.6 is 0 Å². The van der Waals surface area contributed by atoms with Gasteiger partial charge in [-0.05, 0) is 38.0 Å². The zero-order valence-corrected chi connectivity index (χ0v) is 14.2. The Balaban J connectivity index is 0. The highest BCUT2D eigenvalue weighted by Gasteiger charge is 2.02. The minimum Gasteiger partial charge on any atom is -0.457 e. The fourth-order valence-corrected chi connectivity index (χ4v) is 1.22. The van der Waals surface area contributed by atoms with Gasteiger partial charge in [0.1, 0.15) is 11.5 Å². The third-order valence-electron chi connectivity index (χ3n) is 2.31. The molecule has 0 spiro atoms. The number of rotatable bonds is 4. The van der Waals surface area contributed by atoms with Gasteiger partial charge in [-0.15, -0.1) is 0 Å². The highest BCUT2D eigenvalue weighted by molar-refractivity contribution is 5.36. The second-order valence-electron chi connectivity index (χ2n) is 3.67. The van der Waals surface area contributed by atoms with Crippen LogP contribution in [0.2, 0.25) is 0 Å². The van der Waals surface area contributed by atoms with Gasteiger partial charge in [0.25, 0.3) is 0 Å². The van der Waals surface area contributed by atoms with Crippen LogP contribution in [0.15, 0.2) is 60.4 Å². The number of hydrogen-bond donors (Lipinski definition) is 0. The smallest absolute Gasteiger partial charge is 0.130 e. The van der Waals surface area contributed by atoms with Crippen LogP contribution in [0.5, 0.6) is 5.75 Å². The molecule has 1 aromatic rings. The van der Waals surface area contributed by atoms with Crippen molar-refractivity contribution in [1.29, 1.82) is 0 Å². The fourth-order valence-electron chi connectivity index (χ4n) is 1.22. The number of para-hydroxylation sites is 1. The largest absolute Gasteiger partial charge is 0.457 e. The van der Waals surface area contributed by atoms with E-state index in [-0.39, 0.29) is 0 Å². The Hall–Kier alpha value is -1.76. The van der Waals surface area contributed by atoms with Crippen LogP contribution in [0.3, 0.4) is 0 Å². The van der Waals surface area contributed by atoms with Gasteiger partial charge in [0.2, 0.25) is 0 Å². The summed E-state index contributed by atoms with van der Waals surface area (Å²) >= 11 is 0. The van der Waals surface area contributed by atoms with Crippen molar-refractivity contribution < 1.29 is 4.74 Å². The van der Waals surface area contributed by atoms with Crippen LogP contribution in [0.25, 0.3) is 0 Å². The molecule has 0 fully saturated rings. The molecule has 1 heteroatoms. The van der Waals surface area contributed by atoms with Crippen molar-refractivity contribution in [3.05, 3.63) is 66.0 Å². The second kappa shape index (κ2) is 13.7. The van der Waals surface area contributed by atoms with Crippen molar-refractivity contribution in [1.82, 2.24) is 0 Å². The van der Waals surface area contributed by atoms with Crippen molar-refractivity contribution in [2.75, 3.05) is 0 Å². The van der Waals surface area contributed by atoms with Crippen LogP contribution < -0.4 is 4.74 Å². The van der Waals surface area contributed by atoms with Gasteiger partial charge in [-0.25, -0.2) is 0 Å². The minimum absolute atomic E-state index is 0.687. The SMILES string of the molecule is C=C(Oc1ccccc1C)/C(C)=C\C=C/C.CC.CC. The zero-order chi connectivity index (χ0) is 16.0. The maximum Gasteiger partial charge on any atom is 0.130 e. The van der Waals surface area contributed by atoms with E-state index in [4.69, 9.17) is 4.74 Å². The lowest BCUT2D eigenvalue weighted by atomic mass is 10.2. The quantitative estimate of drug-likeness (QED) is 0.452. The molecule has 0 N–H and O–H groups in total. The van der Waals surface area contributed by atoms with Crippen LogP contribution in [0.4, 0.5) is 0 Å². The highest BCUT2D eigenvalue weighted by Crippen LogP contribution is 2.21. The molecule has 0 unspecified atom stereocenters. The summed E-state index contributed by atoms with van der Waals surface area (Å²) < 4.78 is 5.71. The first-order valence-electron chi connectivity index (χ1n) is 7.37. The van der Waals surface area contributed by atoms with Crippen LogP contribution in [0, 0.1) is 6.92 Å². The molecule has 0 radical (unpaired) electrons. The normalized spacial score (nSPS) is 10.1. The molecule has 1 nitrogen and oxygen atoms in total. The molecule has 0 saturated carbocycles. The molecule has 0 aliphatic carbocycles.